The molecule has 1 aliphatic carbocycles. The Labute approximate surface area is 197 Å². The number of hydrogen-bond donors (Lipinski definition) is 1. The zero-order chi connectivity index (χ0) is 23.8. The molecular formula is C26H27F2N5O. The highest BCUT2D eigenvalue weighted by atomic mass is 19.1. The van der Waals surface area contributed by atoms with Gasteiger partial charge in [0.25, 0.3) is 0 Å². The van der Waals surface area contributed by atoms with Gasteiger partial charge in [0.05, 0.1) is 29.5 Å². The predicted octanol–water partition coefficient (Wildman–Crippen LogP) is 5.01. The molecule has 1 aromatic carbocycles. The van der Waals surface area contributed by atoms with Gasteiger partial charge in [0, 0.05) is 47.4 Å². The number of hydrogen-bond acceptors (Lipinski definition) is 6. The largest absolute Gasteiger partial charge is 0.404 e. The Bertz CT molecular complexity index is 1290. The van der Waals surface area contributed by atoms with Gasteiger partial charge in [-0.3, -0.25) is 9.98 Å². The first-order chi connectivity index (χ1) is 16.4. The molecule has 8 heteroatoms. The number of fused-ring (bicyclic) bond motifs is 1. The van der Waals surface area contributed by atoms with Crippen molar-refractivity contribution in [2.24, 2.45) is 10.7 Å². The van der Waals surface area contributed by atoms with Crippen LogP contribution in [0.1, 0.15) is 49.9 Å². The van der Waals surface area contributed by atoms with Crippen LogP contribution < -0.4 is 5.73 Å². The summed E-state index contributed by atoms with van der Waals surface area (Å²) in [5.74, 6) is -1.29. The molecule has 0 amide bonds. The van der Waals surface area contributed by atoms with Gasteiger partial charge in [-0.05, 0) is 57.7 Å². The van der Waals surface area contributed by atoms with Crippen molar-refractivity contribution in [1.82, 2.24) is 15.0 Å². The van der Waals surface area contributed by atoms with Crippen molar-refractivity contribution in [2.75, 3.05) is 0 Å². The minimum absolute atomic E-state index is 0.0277. The second-order valence-electron chi connectivity index (χ2n) is 9.18. The fourth-order valence-electron chi connectivity index (χ4n) is 4.46. The highest BCUT2D eigenvalue weighted by Gasteiger charge is 2.32. The van der Waals surface area contributed by atoms with Crippen LogP contribution in [0.3, 0.4) is 0 Å². The van der Waals surface area contributed by atoms with Gasteiger partial charge in [-0.1, -0.05) is 0 Å². The van der Waals surface area contributed by atoms with Crippen LogP contribution >= 0.6 is 0 Å². The number of aromatic nitrogens is 3. The second-order valence-corrected chi connectivity index (χ2v) is 9.18. The molecule has 3 aromatic rings. The summed E-state index contributed by atoms with van der Waals surface area (Å²) in [5.41, 5.74) is 9.97. The van der Waals surface area contributed by atoms with Crippen molar-refractivity contribution in [3.05, 3.63) is 65.3 Å². The minimum atomic E-state index is -0.684. The van der Waals surface area contributed by atoms with E-state index in [0.29, 0.717) is 29.2 Å². The van der Waals surface area contributed by atoms with E-state index in [2.05, 4.69) is 15.0 Å². The van der Waals surface area contributed by atoms with E-state index in [-0.39, 0.29) is 23.7 Å². The van der Waals surface area contributed by atoms with E-state index in [1.165, 1.54) is 12.1 Å². The Morgan fingerprint density at radius 2 is 2.00 bits per heavy atom. The summed E-state index contributed by atoms with van der Waals surface area (Å²) in [6, 6.07) is 5.80. The first kappa shape index (κ1) is 22.5. The maximum atomic E-state index is 14.8. The van der Waals surface area contributed by atoms with Crippen LogP contribution in [0.2, 0.25) is 0 Å². The van der Waals surface area contributed by atoms with E-state index in [1.54, 1.807) is 12.4 Å². The van der Waals surface area contributed by atoms with E-state index in [4.69, 9.17) is 15.5 Å². The average molecular weight is 464 g/mol. The van der Waals surface area contributed by atoms with Crippen LogP contribution in [0, 0.1) is 18.6 Å². The molecule has 3 heterocycles. The Balaban J connectivity index is 1.56. The molecule has 6 nitrogen and oxygen atoms in total. The van der Waals surface area contributed by atoms with E-state index in [0.717, 1.165) is 42.3 Å². The maximum absolute atomic E-state index is 14.8. The fraction of sp³-hybridized carbons (Fsp3) is 0.385. The number of nitrogens with zero attached hydrogens (tertiary/aromatic N) is 4. The number of aliphatic imine (C=N–C) groups is 1. The molecule has 1 aliphatic heterocycles. The smallest absolute Gasteiger partial charge is 0.135 e. The lowest BCUT2D eigenvalue weighted by molar-refractivity contribution is -0.0266. The highest BCUT2D eigenvalue weighted by Crippen LogP contribution is 2.37. The summed E-state index contributed by atoms with van der Waals surface area (Å²) >= 11 is 0. The molecular weight excluding hydrogens is 436 g/mol. The number of benzene rings is 1. The summed E-state index contributed by atoms with van der Waals surface area (Å²) in [4.78, 5) is 18.5. The molecule has 34 heavy (non-hydrogen) atoms. The maximum Gasteiger partial charge on any atom is 0.135 e. The Morgan fingerprint density at radius 3 is 2.74 bits per heavy atom. The van der Waals surface area contributed by atoms with Crippen LogP contribution in [0.25, 0.3) is 22.3 Å². The van der Waals surface area contributed by atoms with Crippen molar-refractivity contribution >= 4 is 17.2 Å². The van der Waals surface area contributed by atoms with E-state index >= 15 is 0 Å². The van der Waals surface area contributed by atoms with E-state index in [9.17, 15) is 8.78 Å². The van der Waals surface area contributed by atoms with Gasteiger partial charge in [0.1, 0.15) is 22.8 Å². The molecule has 2 aromatic heterocycles. The molecule has 0 bridgehead atoms. The quantitative estimate of drug-likeness (QED) is 0.538. The number of aryl methyl sites for hydroxylation is 1. The molecule has 176 valence electrons. The van der Waals surface area contributed by atoms with Crippen LogP contribution in [-0.4, -0.2) is 39.4 Å². The number of pyridine rings is 1. The molecule has 5 rings (SSSR count). The lowest BCUT2D eigenvalue weighted by atomic mass is 9.86. The van der Waals surface area contributed by atoms with Gasteiger partial charge in [0.2, 0.25) is 0 Å². The normalized spacial score (nSPS) is 23.6. The second kappa shape index (κ2) is 9.18. The number of halogens is 2. The van der Waals surface area contributed by atoms with Gasteiger partial charge in [0.15, 0.2) is 0 Å². The zero-order valence-corrected chi connectivity index (χ0v) is 19.2. The van der Waals surface area contributed by atoms with Crippen molar-refractivity contribution in [1.29, 1.82) is 0 Å². The topological polar surface area (TPSA) is 86.3 Å². The lowest BCUT2D eigenvalue weighted by Crippen LogP contribution is -2.32. The Kier molecular flexibility index (Phi) is 6.08. The van der Waals surface area contributed by atoms with Gasteiger partial charge < -0.3 is 10.5 Å². The summed E-state index contributed by atoms with van der Waals surface area (Å²) in [7, 11) is 0. The number of ether oxygens (including phenoxy) is 1. The summed E-state index contributed by atoms with van der Waals surface area (Å²) < 4.78 is 34.5. The molecule has 3 atom stereocenters. The molecule has 0 unspecified atom stereocenters. The number of nitrogens with two attached hydrogens (primary N) is 1. The Hall–Kier alpha value is -3.26. The third kappa shape index (κ3) is 4.68. The lowest BCUT2D eigenvalue weighted by Gasteiger charge is -2.34. The van der Waals surface area contributed by atoms with Crippen LogP contribution in [0.15, 0.2) is 47.2 Å². The van der Waals surface area contributed by atoms with Crippen molar-refractivity contribution in [2.45, 2.75) is 63.7 Å². The first-order valence-corrected chi connectivity index (χ1v) is 11.6. The molecule has 0 radical (unpaired) electrons. The van der Waals surface area contributed by atoms with Crippen molar-refractivity contribution < 1.29 is 13.5 Å². The fourth-order valence-corrected chi connectivity index (χ4v) is 4.46. The van der Waals surface area contributed by atoms with Crippen LogP contribution in [-0.2, 0) is 4.74 Å². The third-order valence-electron chi connectivity index (χ3n) is 6.33. The molecule has 2 N–H and O–H groups in total. The van der Waals surface area contributed by atoms with E-state index in [1.807, 2.05) is 26.1 Å². The first-order valence-electron chi connectivity index (χ1n) is 11.6. The average Bonchev–Trinajstić information content (AvgIpc) is 3.63. The van der Waals surface area contributed by atoms with E-state index < -0.39 is 11.6 Å². The zero-order valence-electron chi connectivity index (χ0n) is 19.2. The number of rotatable bonds is 5. The van der Waals surface area contributed by atoms with Gasteiger partial charge >= 0.3 is 0 Å². The van der Waals surface area contributed by atoms with Crippen LogP contribution in [0.4, 0.5) is 8.78 Å². The SMILES string of the molecule is Cc1cnc2c(-c3ccc(F)cc3F)nc([C@@H]3C[C@@H](C)O[C@@H](/C(C=NC4CC4)=C/N)C3)cc2n1. The molecule has 0 spiro atoms. The highest BCUT2D eigenvalue weighted by molar-refractivity contribution is 5.89. The predicted molar refractivity (Wildman–Crippen MR) is 128 cm³/mol. The van der Waals surface area contributed by atoms with Gasteiger partial charge in [-0.15, -0.1) is 0 Å². The van der Waals surface area contributed by atoms with Gasteiger partial charge in [-0.2, -0.15) is 0 Å². The summed E-state index contributed by atoms with van der Waals surface area (Å²) in [5, 5.41) is 0. The summed E-state index contributed by atoms with van der Waals surface area (Å²) in [6.45, 7) is 3.88. The van der Waals surface area contributed by atoms with Crippen molar-refractivity contribution in [3.8, 4) is 11.3 Å². The molecule has 1 saturated heterocycles. The molecule has 1 saturated carbocycles. The minimum Gasteiger partial charge on any atom is -0.404 e. The molecule has 2 fully saturated rings. The Morgan fingerprint density at radius 1 is 1.18 bits per heavy atom. The van der Waals surface area contributed by atoms with Gasteiger partial charge in [-0.25, -0.2) is 18.7 Å². The monoisotopic (exact) mass is 463 g/mol. The van der Waals surface area contributed by atoms with Crippen molar-refractivity contribution in [3.63, 3.8) is 0 Å². The third-order valence-corrected chi connectivity index (χ3v) is 6.33. The standard InChI is InChI=1S/C26H27F2N5O/c1-14-12-31-26-23(32-14)10-22(33-25(26)20-6-3-18(27)9-21(20)28)16-7-15(2)34-24(8-16)17(11-29)13-30-19-4-5-19/h3,6,9-13,15-16,19,24H,4-5,7-8,29H2,1-2H3/b17-11+,30-13?/t15-,16-,24-/m1/s1. The van der Waals surface area contributed by atoms with Crippen LogP contribution in [0.5, 0.6) is 0 Å². The summed E-state index contributed by atoms with van der Waals surface area (Å²) in [6.07, 6.45) is 8.41. The molecule has 2 aliphatic rings.